The Morgan fingerprint density at radius 1 is 1.45 bits per heavy atom. The number of carbonyl (C=O) groups excluding carboxylic acids is 2. The molecule has 3 nitrogen and oxygen atoms in total. The summed E-state index contributed by atoms with van der Waals surface area (Å²) >= 11 is 1.74. The summed E-state index contributed by atoms with van der Waals surface area (Å²) in [6, 6.07) is 0. The fourth-order valence-electron chi connectivity index (χ4n) is 1.58. The number of thioether (sulfide) groups is 1. The van der Waals surface area contributed by atoms with Crippen molar-refractivity contribution in [2.75, 3.05) is 11.5 Å². The van der Waals surface area contributed by atoms with E-state index in [4.69, 9.17) is 0 Å². The van der Waals surface area contributed by atoms with Gasteiger partial charge in [-0.15, -0.1) is 0 Å². The third kappa shape index (κ3) is 0.965. The molecule has 2 aliphatic heterocycles. The second kappa shape index (κ2) is 2.24. The lowest BCUT2D eigenvalue weighted by atomic mass is 9.96. The molecule has 11 heavy (non-hydrogen) atoms. The molecule has 0 aromatic heterocycles. The monoisotopic (exact) mass is 171 g/mol. The number of amides is 1. The highest BCUT2D eigenvalue weighted by atomic mass is 32.2. The second-order valence-corrected chi connectivity index (χ2v) is 4.14. The zero-order valence-corrected chi connectivity index (χ0v) is 6.87. The van der Waals surface area contributed by atoms with Crippen molar-refractivity contribution >= 4 is 23.5 Å². The normalized spacial score (nSPS) is 36.7. The van der Waals surface area contributed by atoms with Gasteiger partial charge in [-0.05, 0) is 12.2 Å². The molecule has 0 aromatic rings. The van der Waals surface area contributed by atoms with Crippen LogP contribution in [-0.2, 0) is 9.59 Å². The molecule has 0 unspecified atom stereocenters. The Bertz CT molecular complexity index is 220. The van der Waals surface area contributed by atoms with Crippen molar-refractivity contribution in [1.82, 2.24) is 5.32 Å². The van der Waals surface area contributed by atoms with Crippen LogP contribution in [0.2, 0.25) is 0 Å². The average molecular weight is 171 g/mol. The van der Waals surface area contributed by atoms with Crippen molar-refractivity contribution in [3.8, 4) is 0 Å². The summed E-state index contributed by atoms with van der Waals surface area (Å²) in [5.41, 5.74) is -0.457. The van der Waals surface area contributed by atoms with Crippen molar-refractivity contribution in [3.05, 3.63) is 0 Å². The lowest BCUT2D eigenvalue weighted by Gasteiger charge is -2.18. The molecule has 2 heterocycles. The Labute approximate surface area is 68.9 Å². The summed E-state index contributed by atoms with van der Waals surface area (Å²) in [7, 11) is 0. The van der Waals surface area contributed by atoms with Crippen LogP contribution in [0, 0.1) is 0 Å². The summed E-state index contributed by atoms with van der Waals surface area (Å²) in [6.07, 6.45) is 0.919. The summed E-state index contributed by atoms with van der Waals surface area (Å²) in [5.74, 6) is 1.76. The summed E-state index contributed by atoms with van der Waals surface area (Å²) in [5, 5.41) is 2.77. The van der Waals surface area contributed by atoms with Crippen LogP contribution in [0.4, 0.5) is 0 Å². The minimum absolute atomic E-state index is 0.0903. The number of hydrogen-bond donors (Lipinski definition) is 1. The molecule has 1 N–H and O–H groups in total. The predicted octanol–water partition coefficient (Wildman–Crippen LogP) is -0.0489. The van der Waals surface area contributed by atoms with Gasteiger partial charge in [-0.3, -0.25) is 9.59 Å². The minimum atomic E-state index is -0.457. The number of nitrogens with one attached hydrogen (secondary N) is 1. The number of rotatable bonds is 0. The highest BCUT2D eigenvalue weighted by Gasteiger charge is 2.47. The third-order valence-corrected chi connectivity index (χ3v) is 3.44. The van der Waals surface area contributed by atoms with Crippen LogP contribution in [0.25, 0.3) is 0 Å². The van der Waals surface area contributed by atoms with E-state index in [1.807, 2.05) is 0 Å². The minimum Gasteiger partial charge on any atom is -0.342 e. The van der Waals surface area contributed by atoms with Crippen LogP contribution in [0.5, 0.6) is 0 Å². The number of carbonyl (C=O) groups is 2. The average Bonchev–Trinajstić information content (AvgIpc) is 2.45. The van der Waals surface area contributed by atoms with Crippen molar-refractivity contribution in [1.29, 1.82) is 0 Å². The highest BCUT2D eigenvalue weighted by Crippen LogP contribution is 2.32. The lowest BCUT2D eigenvalue weighted by molar-refractivity contribution is -0.123. The number of Topliss-reactive ketones (excluding diaryl/α,β-unsaturated/α-hetero) is 1. The number of ketones is 1. The van der Waals surface area contributed by atoms with Gasteiger partial charge in [0, 0.05) is 5.75 Å². The Kier molecular flexibility index (Phi) is 1.45. The Balaban J connectivity index is 2.24. The van der Waals surface area contributed by atoms with Gasteiger partial charge in [-0.2, -0.15) is 11.8 Å². The van der Waals surface area contributed by atoms with E-state index in [0.717, 1.165) is 17.9 Å². The van der Waals surface area contributed by atoms with Crippen LogP contribution >= 0.6 is 11.8 Å². The molecule has 4 heteroatoms. The molecule has 2 aliphatic rings. The van der Waals surface area contributed by atoms with E-state index in [2.05, 4.69) is 5.32 Å². The van der Waals surface area contributed by atoms with E-state index in [1.54, 1.807) is 11.8 Å². The van der Waals surface area contributed by atoms with E-state index in [9.17, 15) is 9.59 Å². The fourth-order valence-corrected chi connectivity index (χ4v) is 2.94. The van der Waals surface area contributed by atoms with Gasteiger partial charge >= 0.3 is 0 Å². The lowest BCUT2D eigenvalue weighted by Crippen LogP contribution is -2.46. The Hall–Kier alpha value is -0.510. The van der Waals surface area contributed by atoms with Crippen molar-refractivity contribution in [3.63, 3.8) is 0 Å². The van der Waals surface area contributed by atoms with E-state index in [0.29, 0.717) is 0 Å². The van der Waals surface area contributed by atoms with Crippen LogP contribution < -0.4 is 5.32 Å². The zero-order chi connectivity index (χ0) is 7.90. The Morgan fingerprint density at radius 2 is 2.27 bits per heavy atom. The molecule has 1 atom stereocenters. The first-order valence-corrected chi connectivity index (χ1v) is 4.80. The number of hydrogen-bond acceptors (Lipinski definition) is 3. The van der Waals surface area contributed by atoms with E-state index in [1.165, 1.54) is 0 Å². The maximum absolute atomic E-state index is 11.3. The first kappa shape index (κ1) is 7.16. The SMILES string of the molecule is O=C1CC(=O)[C@]2(CCSC2)N1. The van der Waals surface area contributed by atoms with Crippen LogP contribution in [0.15, 0.2) is 0 Å². The summed E-state index contributed by atoms with van der Waals surface area (Å²) in [4.78, 5) is 22.2. The van der Waals surface area contributed by atoms with Gasteiger partial charge in [-0.1, -0.05) is 0 Å². The molecule has 0 radical (unpaired) electrons. The zero-order valence-electron chi connectivity index (χ0n) is 6.05. The van der Waals surface area contributed by atoms with Gasteiger partial charge in [0.2, 0.25) is 5.91 Å². The molecule has 2 saturated heterocycles. The van der Waals surface area contributed by atoms with E-state index in [-0.39, 0.29) is 18.1 Å². The second-order valence-electron chi connectivity index (χ2n) is 3.03. The molecule has 0 aromatic carbocycles. The van der Waals surface area contributed by atoms with Crippen LogP contribution in [0.1, 0.15) is 12.8 Å². The molecule has 2 rings (SSSR count). The largest absolute Gasteiger partial charge is 0.342 e. The van der Waals surface area contributed by atoms with Gasteiger partial charge < -0.3 is 5.32 Å². The van der Waals surface area contributed by atoms with E-state index < -0.39 is 5.54 Å². The molecule has 1 amide bonds. The highest BCUT2D eigenvalue weighted by molar-refractivity contribution is 7.99. The molecule has 0 aliphatic carbocycles. The van der Waals surface area contributed by atoms with Crippen LogP contribution in [0.3, 0.4) is 0 Å². The molecular formula is C7H9NO2S. The quantitative estimate of drug-likeness (QED) is 0.520. The maximum atomic E-state index is 11.3. The van der Waals surface area contributed by atoms with Crippen molar-refractivity contribution in [2.45, 2.75) is 18.4 Å². The molecule has 0 bridgehead atoms. The van der Waals surface area contributed by atoms with Crippen molar-refractivity contribution in [2.24, 2.45) is 0 Å². The Morgan fingerprint density at radius 3 is 2.73 bits per heavy atom. The standard InChI is InChI=1S/C7H9NO2S/c9-5-3-6(10)8-7(5)1-2-11-4-7/h1-4H2,(H,8,10)/t7-/m1/s1. The van der Waals surface area contributed by atoms with Crippen molar-refractivity contribution < 1.29 is 9.59 Å². The first-order valence-electron chi connectivity index (χ1n) is 3.65. The molecule has 0 saturated carbocycles. The first-order chi connectivity index (χ1) is 5.23. The predicted molar refractivity (Wildman–Crippen MR) is 42.4 cm³/mol. The van der Waals surface area contributed by atoms with Gasteiger partial charge in [0.25, 0.3) is 0 Å². The van der Waals surface area contributed by atoms with Gasteiger partial charge in [0.15, 0.2) is 5.78 Å². The van der Waals surface area contributed by atoms with Gasteiger partial charge in [-0.25, -0.2) is 0 Å². The molecular weight excluding hydrogens is 162 g/mol. The molecule has 60 valence electrons. The van der Waals surface area contributed by atoms with Gasteiger partial charge in [0.1, 0.15) is 5.54 Å². The third-order valence-electron chi connectivity index (χ3n) is 2.26. The maximum Gasteiger partial charge on any atom is 0.228 e. The summed E-state index contributed by atoms with van der Waals surface area (Å²) < 4.78 is 0. The summed E-state index contributed by atoms with van der Waals surface area (Å²) in [6.45, 7) is 0. The topological polar surface area (TPSA) is 46.2 Å². The van der Waals surface area contributed by atoms with Gasteiger partial charge in [0.05, 0.1) is 6.42 Å². The smallest absolute Gasteiger partial charge is 0.228 e. The van der Waals surface area contributed by atoms with E-state index >= 15 is 0 Å². The molecule has 1 spiro atoms. The fraction of sp³-hybridized carbons (Fsp3) is 0.714. The molecule has 2 fully saturated rings. The van der Waals surface area contributed by atoms with Crippen LogP contribution in [-0.4, -0.2) is 28.7 Å².